The molecule has 0 bridgehead atoms. The number of hydrogen-bond donors (Lipinski definition) is 1. The van der Waals surface area contributed by atoms with Crippen LogP contribution in [0.5, 0.6) is 5.75 Å². The number of aryl methyl sites for hydroxylation is 3. The second kappa shape index (κ2) is 8.56. The van der Waals surface area contributed by atoms with Gasteiger partial charge in [0.2, 0.25) is 0 Å². The molecule has 8 nitrogen and oxygen atoms in total. The number of sulfonamides is 1. The molecule has 1 N–H and O–H groups in total. The molecule has 0 spiro atoms. The summed E-state index contributed by atoms with van der Waals surface area (Å²) in [4.78, 5) is 4.77. The maximum absolute atomic E-state index is 13.1. The van der Waals surface area contributed by atoms with E-state index in [0.29, 0.717) is 18.2 Å². The number of pyridine rings is 1. The summed E-state index contributed by atoms with van der Waals surface area (Å²) in [6, 6.07) is 14.0. The number of fused-ring (bicyclic) bond motifs is 1. The van der Waals surface area contributed by atoms with Crippen LogP contribution < -0.4 is 9.46 Å². The first-order valence-corrected chi connectivity index (χ1v) is 11.8. The van der Waals surface area contributed by atoms with E-state index in [4.69, 9.17) is 9.72 Å². The molecule has 2 aromatic heterocycles. The average molecular weight is 462 g/mol. The largest absolute Gasteiger partial charge is 0.494 e. The van der Waals surface area contributed by atoms with Gasteiger partial charge in [0.05, 0.1) is 23.2 Å². The third-order valence-electron chi connectivity index (χ3n) is 5.22. The normalized spacial score (nSPS) is 11.4. The van der Waals surface area contributed by atoms with Crippen LogP contribution in [0.25, 0.3) is 16.7 Å². The van der Waals surface area contributed by atoms with E-state index in [2.05, 4.69) is 15.9 Å². The van der Waals surface area contributed by atoms with Crippen LogP contribution in [0.1, 0.15) is 29.2 Å². The molecule has 0 saturated heterocycles. The molecular weight excluding hydrogens is 438 g/mol. The highest BCUT2D eigenvalue weighted by atomic mass is 32.2. The number of anilines is 1. The summed E-state index contributed by atoms with van der Waals surface area (Å²) in [5.41, 5.74) is 3.98. The molecule has 0 amide bonds. The zero-order valence-corrected chi connectivity index (χ0v) is 19.6. The minimum atomic E-state index is -3.99. The van der Waals surface area contributed by atoms with Crippen LogP contribution in [0.3, 0.4) is 0 Å². The number of nitrogens with zero attached hydrogens (tertiary/aromatic N) is 4. The van der Waals surface area contributed by atoms with Gasteiger partial charge in [-0.15, -0.1) is 0 Å². The summed E-state index contributed by atoms with van der Waals surface area (Å²) in [5, 5.41) is 14.8. The number of ether oxygens (including phenoxy) is 1. The highest BCUT2D eigenvalue weighted by Gasteiger charge is 2.22. The third-order valence-corrected chi connectivity index (χ3v) is 6.58. The predicted molar refractivity (Wildman–Crippen MR) is 126 cm³/mol. The Bertz CT molecular complexity index is 1500. The van der Waals surface area contributed by atoms with Crippen molar-refractivity contribution in [1.82, 2.24) is 14.8 Å². The standard InChI is InChI=1S/C24H23N5O3S/c1-5-32-19-6-8-20(9-7-19)33(30,31)28-24-18(13-25)14-26-29(24)22-12-16(3)21-11-15(2)10-17(4)23(21)27-22/h6-12,14,28H,5H2,1-4H3. The number of nitrogens with one attached hydrogen (secondary N) is 1. The number of rotatable bonds is 6. The van der Waals surface area contributed by atoms with Crippen LogP contribution in [0.4, 0.5) is 5.82 Å². The van der Waals surface area contributed by atoms with Crippen LogP contribution in [-0.4, -0.2) is 29.8 Å². The fourth-order valence-electron chi connectivity index (χ4n) is 3.71. The van der Waals surface area contributed by atoms with Crippen LogP contribution in [0.15, 0.2) is 53.6 Å². The molecule has 0 unspecified atom stereocenters. The highest BCUT2D eigenvalue weighted by molar-refractivity contribution is 7.92. The molecule has 2 aromatic carbocycles. The number of hydrogen-bond acceptors (Lipinski definition) is 6. The predicted octanol–water partition coefficient (Wildman–Crippen LogP) is 4.42. The summed E-state index contributed by atoms with van der Waals surface area (Å²) >= 11 is 0. The van der Waals surface area contributed by atoms with E-state index in [0.717, 1.165) is 27.6 Å². The van der Waals surface area contributed by atoms with Gasteiger partial charge >= 0.3 is 0 Å². The summed E-state index contributed by atoms with van der Waals surface area (Å²) in [6.45, 7) is 8.30. The lowest BCUT2D eigenvalue weighted by molar-refractivity contribution is 0.340. The monoisotopic (exact) mass is 461 g/mol. The van der Waals surface area contributed by atoms with Gasteiger partial charge in [-0.3, -0.25) is 4.72 Å². The Morgan fingerprint density at radius 3 is 2.48 bits per heavy atom. The van der Waals surface area contributed by atoms with Crippen molar-refractivity contribution in [1.29, 1.82) is 5.26 Å². The van der Waals surface area contributed by atoms with E-state index in [9.17, 15) is 13.7 Å². The van der Waals surface area contributed by atoms with Gasteiger partial charge < -0.3 is 4.74 Å². The second-order valence-electron chi connectivity index (χ2n) is 7.72. The van der Waals surface area contributed by atoms with Gasteiger partial charge in [0.15, 0.2) is 11.6 Å². The van der Waals surface area contributed by atoms with E-state index in [1.54, 1.807) is 12.1 Å². The summed E-state index contributed by atoms with van der Waals surface area (Å²) in [6.07, 6.45) is 1.32. The molecule has 0 atom stereocenters. The van der Waals surface area contributed by atoms with Crippen LogP contribution in [0.2, 0.25) is 0 Å². The van der Waals surface area contributed by atoms with Crippen molar-refractivity contribution in [2.24, 2.45) is 0 Å². The van der Waals surface area contributed by atoms with E-state index in [1.807, 2.05) is 45.9 Å². The smallest absolute Gasteiger partial charge is 0.263 e. The first-order chi connectivity index (χ1) is 15.7. The lowest BCUT2D eigenvalue weighted by Gasteiger charge is -2.14. The highest BCUT2D eigenvalue weighted by Crippen LogP contribution is 2.28. The molecule has 4 rings (SSSR count). The minimum absolute atomic E-state index is 0.0300. The summed E-state index contributed by atoms with van der Waals surface area (Å²) in [7, 11) is -3.99. The molecule has 0 radical (unpaired) electrons. The summed E-state index contributed by atoms with van der Waals surface area (Å²) < 4.78 is 35.4. The lowest BCUT2D eigenvalue weighted by Crippen LogP contribution is -2.17. The maximum Gasteiger partial charge on any atom is 0.263 e. The zero-order valence-electron chi connectivity index (χ0n) is 18.7. The zero-order chi connectivity index (χ0) is 23.8. The van der Waals surface area contributed by atoms with Gasteiger partial charge in [-0.25, -0.2) is 13.4 Å². The van der Waals surface area contributed by atoms with E-state index in [1.165, 1.54) is 23.0 Å². The van der Waals surface area contributed by atoms with E-state index >= 15 is 0 Å². The third kappa shape index (κ3) is 4.25. The van der Waals surface area contributed by atoms with Crippen LogP contribution >= 0.6 is 0 Å². The molecule has 0 aliphatic heterocycles. The molecule has 4 aromatic rings. The second-order valence-corrected chi connectivity index (χ2v) is 9.40. The molecule has 0 fully saturated rings. The molecule has 0 saturated carbocycles. The Morgan fingerprint density at radius 1 is 1.09 bits per heavy atom. The van der Waals surface area contributed by atoms with Crippen molar-refractivity contribution in [3.8, 4) is 17.6 Å². The van der Waals surface area contributed by atoms with Crippen molar-refractivity contribution in [3.63, 3.8) is 0 Å². The van der Waals surface area contributed by atoms with E-state index < -0.39 is 10.0 Å². The first kappa shape index (κ1) is 22.3. The molecule has 33 heavy (non-hydrogen) atoms. The van der Waals surface area contributed by atoms with Crippen molar-refractivity contribution < 1.29 is 13.2 Å². The van der Waals surface area contributed by atoms with Gasteiger partial charge in [0.1, 0.15) is 17.4 Å². The van der Waals surface area contributed by atoms with Gasteiger partial charge in [-0.05, 0) is 75.2 Å². The molecule has 0 aliphatic carbocycles. The van der Waals surface area contributed by atoms with Crippen molar-refractivity contribution in [3.05, 3.63) is 70.9 Å². The Morgan fingerprint density at radius 2 is 1.82 bits per heavy atom. The average Bonchev–Trinajstić information content (AvgIpc) is 3.17. The molecule has 9 heteroatoms. The topological polar surface area (TPSA) is 110 Å². The number of nitriles is 1. The fraction of sp³-hybridized carbons (Fsp3) is 0.208. The van der Waals surface area contributed by atoms with Crippen molar-refractivity contribution in [2.75, 3.05) is 11.3 Å². The quantitative estimate of drug-likeness (QED) is 0.455. The molecular formula is C24H23N5O3S. The Kier molecular flexibility index (Phi) is 5.78. The minimum Gasteiger partial charge on any atom is -0.494 e. The Hall–Kier alpha value is -3.90. The summed E-state index contributed by atoms with van der Waals surface area (Å²) in [5.74, 6) is 1.01. The SMILES string of the molecule is CCOc1ccc(S(=O)(=O)Nc2c(C#N)cnn2-c2cc(C)c3cc(C)cc(C)c3n2)cc1. The Balaban J connectivity index is 1.80. The van der Waals surface area contributed by atoms with E-state index in [-0.39, 0.29) is 16.3 Å². The van der Waals surface area contributed by atoms with Crippen LogP contribution in [0, 0.1) is 32.1 Å². The number of aromatic nitrogens is 3. The van der Waals surface area contributed by atoms with Gasteiger partial charge in [-0.2, -0.15) is 15.0 Å². The van der Waals surface area contributed by atoms with Crippen molar-refractivity contribution in [2.45, 2.75) is 32.6 Å². The number of benzene rings is 2. The molecule has 2 heterocycles. The fourth-order valence-corrected chi connectivity index (χ4v) is 4.77. The first-order valence-electron chi connectivity index (χ1n) is 10.4. The Labute approximate surface area is 192 Å². The lowest BCUT2D eigenvalue weighted by atomic mass is 10.0. The van der Waals surface area contributed by atoms with Crippen molar-refractivity contribution >= 4 is 26.7 Å². The van der Waals surface area contributed by atoms with Gasteiger partial charge in [0, 0.05) is 5.39 Å². The van der Waals surface area contributed by atoms with Gasteiger partial charge in [-0.1, -0.05) is 11.6 Å². The molecule has 0 aliphatic rings. The van der Waals surface area contributed by atoms with Gasteiger partial charge in [0.25, 0.3) is 10.0 Å². The van der Waals surface area contributed by atoms with Crippen LogP contribution in [-0.2, 0) is 10.0 Å². The maximum atomic E-state index is 13.1. The molecule has 168 valence electrons.